The minimum absolute atomic E-state index is 0.0345. The molecule has 0 amide bonds. The van der Waals surface area contributed by atoms with Gasteiger partial charge in [0, 0.05) is 11.3 Å². The molecule has 0 aromatic heterocycles. The van der Waals surface area contributed by atoms with Crippen molar-refractivity contribution in [1.29, 1.82) is 0 Å². The minimum Gasteiger partial charge on any atom is -0.406 e. The second-order valence-electron chi connectivity index (χ2n) is 11.9. The summed E-state index contributed by atoms with van der Waals surface area (Å²) in [5.74, 6) is -2.24. The van der Waals surface area contributed by atoms with Crippen LogP contribution in [0.1, 0.15) is 32.8 Å². The van der Waals surface area contributed by atoms with Gasteiger partial charge in [0.1, 0.15) is 18.3 Å². The lowest BCUT2D eigenvalue weighted by molar-refractivity contribution is -0.350. The van der Waals surface area contributed by atoms with Gasteiger partial charge in [-0.25, -0.2) is 0 Å². The fraction of sp³-hybridized carbons (Fsp3) is 0.394. The van der Waals surface area contributed by atoms with Crippen LogP contribution in [0.5, 0.6) is 0 Å². The summed E-state index contributed by atoms with van der Waals surface area (Å²) in [6.07, 6.45) is -2.76. The predicted molar refractivity (Wildman–Crippen MR) is 168 cm³/mol. The van der Waals surface area contributed by atoms with Crippen molar-refractivity contribution >= 4 is 18.7 Å². The Hall–Kier alpha value is -3.31. The van der Waals surface area contributed by atoms with Crippen LogP contribution in [0.4, 0.5) is 0 Å². The zero-order chi connectivity index (χ0) is 31.1. The molecule has 1 heterocycles. The fourth-order valence-electron chi connectivity index (χ4n) is 6.10. The van der Waals surface area contributed by atoms with E-state index in [9.17, 15) is 20.9 Å². The monoisotopic (exact) mass is 603 g/mol. The Labute approximate surface area is 254 Å². The summed E-state index contributed by atoms with van der Waals surface area (Å²) in [4.78, 5) is 3.14. The third-order valence-corrected chi connectivity index (χ3v) is 13.2. The Balaban J connectivity index is 1.91. The highest BCUT2D eigenvalue weighted by molar-refractivity contribution is 6.99. The Morgan fingerprint density at radius 2 is 1.53 bits per heavy atom. The molecule has 0 radical (unpaired) electrons. The van der Waals surface area contributed by atoms with Gasteiger partial charge in [-0.3, -0.25) is 0 Å². The molecule has 43 heavy (non-hydrogen) atoms. The van der Waals surface area contributed by atoms with Gasteiger partial charge in [-0.15, -0.1) is 6.58 Å². The molecule has 1 fully saturated rings. The van der Waals surface area contributed by atoms with Gasteiger partial charge in [-0.2, -0.15) is 0 Å². The van der Waals surface area contributed by atoms with Crippen LogP contribution in [-0.2, 0) is 20.5 Å². The molecule has 3 aromatic carbocycles. The molecule has 0 unspecified atom stereocenters. The average molecular weight is 604 g/mol. The van der Waals surface area contributed by atoms with Crippen molar-refractivity contribution in [1.82, 2.24) is 0 Å². The molecule has 228 valence electrons. The maximum atomic E-state index is 12.2. The molecule has 9 nitrogen and oxygen atoms in total. The second-order valence-corrected chi connectivity index (χ2v) is 16.2. The van der Waals surface area contributed by atoms with Crippen molar-refractivity contribution < 1.29 is 29.2 Å². The van der Waals surface area contributed by atoms with Gasteiger partial charge >= 0.3 is 0 Å². The molecular formula is C33H41N3O6Si. The van der Waals surface area contributed by atoms with E-state index in [1.807, 2.05) is 91.0 Å². The molecule has 10 heteroatoms. The molecule has 0 aliphatic carbocycles. The third kappa shape index (κ3) is 6.19. The summed E-state index contributed by atoms with van der Waals surface area (Å²) < 4.78 is 19.4. The van der Waals surface area contributed by atoms with Gasteiger partial charge in [0.05, 0.1) is 19.8 Å². The Morgan fingerprint density at radius 3 is 2.00 bits per heavy atom. The first-order valence-corrected chi connectivity index (χ1v) is 16.3. The fourth-order valence-corrected chi connectivity index (χ4v) is 10.7. The Bertz CT molecular complexity index is 1340. The number of hydrogen-bond acceptors (Lipinski definition) is 7. The van der Waals surface area contributed by atoms with E-state index in [4.69, 9.17) is 13.9 Å². The van der Waals surface area contributed by atoms with Crippen molar-refractivity contribution in [3.63, 3.8) is 0 Å². The van der Waals surface area contributed by atoms with Crippen molar-refractivity contribution in [2.24, 2.45) is 5.11 Å². The predicted octanol–water partition coefficient (Wildman–Crippen LogP) is 4.21. The standard InChI is InChI=1S/C33H41N3O6Si/c1-5-21-33(39)32(35-36-34,30(29(38)28(22-37)42-33)40-23-25-15-9-6-10-16-25)24-41-43(31(2,3)4,26-17-11-7-12-18-26)27-19-13-8-14-20-27/h5-20,28-30,37-39H,1,21-24H2,2-4H3/t28-,29-,30+,32-,33+/m1/s1. The van der Waals surface area contributed by atoms with Crippen molar-refractivity contribution in [3.8, 4) is 0 Å². The molecule has 4 rings (SSSR count). The average Bonchev–Trinajstić information content (AvgIpc) is 3.00. The zero-order valence-corrected chi connectivity index (χ0v) is 25.9. The summed E-state index contributed by atoms with van der Waals surface area (Å²) in [5.41, 5.74) is 8.77. The van der Waals surface area contributed by atoms with E-state index in [0.29, 0.717) is 0 Å². The molecule has 3 aromatic rings. The Kier molecular flexibility index (Phi) is 10.3. The van der Waals surface area contributed by atoms with E-state index in [1.54, 1.807) is 0 Å². The van der Waals surface area contributed by atoms with Crippen LogP contribution >= 0.6 is 0 Å². The molecule has 1 saturated heterocycles. The first kappa shape index (κ1) is 32.6. The van der Waals surface area contributed by atoms with E-state index >= 15 is 0 Å². The highest BCUT2D eigenvalue weighted by Gasteiger charge is 2.65. The molecule has 5 atom stereocenters. The van der Waals surface area contributed by atoms with Crippen molar-refractivity contribution in [3.05, 3.63) is 120 Å². The summed E-state index contributed by atoms with van der Waals surface area (Å²) in [5, 5.41) is 39.5. The Morgan fingerprint density at radius 1 is 1.00 bits per heavy atom. The minimum atomic E-state index is -3.22. The maximum absolute atomic E-state index is 12.2. The first-order valence-electron chi connectivity index (χ1n) is 14.4. The van der Waals surface area contributed by atoms with Crippen molar-refractivity contribution in [2.45, 2.75) is 68.5 Å². The third-order valence-electron chi connectivity index (χ3n) is 8.21. The quantitative estimate of drug-likeness (QED) is 0.0933. The normalized spacial score (nSPS) is 26.0. The number of nitrogens with zero attached hydrogens (tertiary/aromatic N) is 3. The lowest BCUT2D eigenvalue weighted by atomic mass is 9.76. The summed E-state index contributed by atoms with van der Waals surface area (Å²) in [6, 6.07) is 29.1. The van der Waals surface area contributed by atoms with Crippen LogP contribution in [0, 0.1) is 0 Å². The van der Waals surface area contributed by atoms with Gasteiger partial charge in [0.15, 0.2) is 11.3 Å². The van der Waals surface area contributed by atoms with Crippen LogP contribution in [0.25, 0.3) is 10.4 Å². The smallest absolute Gasteiger partial charge is 0.261 e. The molecular weight excluding hydrogens is 562 g/mol. The van der Waals surface area contributed by atoms with E-state index in [-0.39, 0.29) is 19.6 Å². The van der Waals surface area contributed by atoms with E-state index in [0.717, 1.165) is 15.9 Å². The highest BCUT2D eigenvalue weighted by atomic mass is 28.4. The lowest BCUT2D eigenvalue weighted by Gasteiger charge is -2.56. The number of aliphatic hydroxyl groups excluding tert-OH is 2. The zero-order valence-electron chi connectivity index (χ0n) is 24.9. The number of ether oxygens (including phenoxy) is 2. The SMILES string of the molecule is C=CC[C@]1(O)O[C@H](CO)[C@@H](O)[C@H](OCc2ccccc2)[C@@]1(CO[Si](c1ccccc1)(c1ccccc1)C(C)(C)C)N=[N+]=[N-]. The molecule has 0 bridgehead atoms. The van der Waals surface area contributed by atoms with Gasteiger partial charge in [0.25, 0.3) is 8.32 Å². The van der Waals surface area contributed by atoms with Gasteiger partial charge in [-0.1, -0.05) is 123 Å². The molecule has 3 N–H and O–H groups in total. The first-order chi connectivity index (χ1) is 20.6. The van der Waals surface area contributed by atoms with E-state index in [2.05, 4.69) is 37.4 Å². The van der Waals surface area contributed by atoms with E-state index < -0.39 is 49.6 Å². The van der Waals surface area contributed by atoms with Crippen molar-refractivity contribution in [2.75, 3.05) is 13.2 Å². The van der Waals surface area contributed by atoms with Gasteiger partial charge < -0.3 is 29.2 Å². The molecule has 0 saturated carbocycles. The van der Waals surface area contributed by atoms with Gasteiger partial charge in [0.2, 0.25) is 0 Å². The maximum Gasteiger partial charge on any atom is 0.261 e. The number of hydrogen-bond donors (Lipinski definition) is 3. The lowest BCUT2D eigenvalue weighted by Crippen LogP contribution is -2.76. The topological polar surface area (TPSA) is 137 Å². The number of rotatable bonds is 12. The number of aliphatic hydroxyl groups is 3. The van der Waals surface area contributed by atoms with Crippen LogP contribution in [-0.4, -0.2) is 66.5 Å². The molecule has 0 spiro atoms. The summed E-state index contributed by atoms with van der Waals surface area (Å²) in [6.45, 7) is 9.17. The summed E-state index contributed by atoms with van der Waals surface area (Å²) >= 11 is 0. The van der Waals surface area contributed by atoms with Crippen LogP contribution < -0.4 is 10.4 Å². The largest absolute Gasteiger partial charge is 0.406 e. The summed E-state index contributed by atoms with van der Waals surface area (Å²) in [7, 11) is -3.22. The second kappa shape index (κ2) is 13.5. The number of azide groups is 1. The number of benzene rings is 3. The van der Waals surface area contributed by atoms with Crippen LogP contribution in [0.3, 0.4) is 0 Å². The molecule has 1 aliphatic heterocycles. The van der Waals surface area contributed by atoms with Crippen LogP contribution in [0.15, 0.2) is 109 Å². The van der Waals surface area contributed by atoms with Gasteiger partial charge in [-0.05, 0) is 26.5 Å². The van der Waals surface area contributed by atoms with E-state index in [1.165, 1.54) is 6.08 Å². The molecule has 1 aliphatic rings. The highest BCUT2D eigenvalue weighted by Crippen LogP contribution is 2.46. The van der Waals surface area contributed by atoms with Crippen LogP contribution in [0.2, 0.25) is 5.04 Å².